The summed E-state index contributed by atoms with van der Waals surface area (Å²) in [5, 5.41) is 2.85. The minimum absolute atomic E-state index is 0.0706. The summed E-state index contributed by atoms with van der Waals surface area (Å²) in [6.07, 6.45) is 1.86. The number of thioether (sulfide) groups is 1. The topological polar surface area (TPSA) is 90.7 Å². The van der Waals surface area contributed by atoms with Crippen molar-refractivity contribution in [1.82, 2.24) is 5.32 Å². The van der Waals surface area contributed by atoms with Crippen molar-refractivity contribution in [3.63, 3.8) is 0 Å². The molecule has 7 heteroatoms. The van der Waals surface area contributed by atoms with Crippen LogP contribution in [-0.2, 0) is 19.1 Å². The normalized spacial score (nSPS) is 13.2. The second-order valence-electron chi connectivity index (χ2n) is 4.97. The number of carbonyl (C=O) groups excluding carboxylic acids is 2. The highest BCUT2D eigenvalue weighted by atomic mass is 32.2. The van der Waals surface area contributed by atoms with Crippen LogP contribution in [0, 0.1) is 0 Å². The van der Waals surface area contributed by atoms with E-state index in [2.05, 4.69) is 5.32 Å². The van der Waals surface area contributed by atoms with Crippen LogP contribution in [0.25, 0.3) is 0 Å². The fourth-order valence-electron chi connectivity index (χ4n) is 2.06. The van der Waals surface area contributed by atoms with E-state index in [1.165, 1.54) is 14.2 Å². The summed E-state index contributed by atoms with van der Waals surface area (Å²) in [6, 6.07) is 7.26. The summed E-state index contributed by atoms with van der Waals surface area (Å²) < 4.78 is 9.82. The van der Waals surface area contributed by atoms with E-state index in [9.17, 15) is 9.59 Å². The second kappa shape index (κ2) is 10.3. The van der Waals surface area contributed by atoms with Gasteiger partial charge in [-0.1, -0.05) is 12.1 Å². The molecular weight excluding hydrogens is 316 g/mol. The summed E-state index contributed by atoms with van der Waals surface area (Å²) >= 11 is 1.63. The molecule has 0 fully saturated rings. The van der Waals surface area contributed by atoms with Crippen molar-refractivity contribution in [3.8, 4) is 0 Å². The van der Waals surface area contributed by atoms with Crippen LogP contribution in [0.2, 0.25) is 0 Å². The standard InChI is InChI=1S/C16H24N2O4S/c1-21-12(10-17)8-15(19)18-14(9-16(20)22-2)11-4-6-13(23-3)7-5-11/h4-7,12,14H,8-10,17H2,1-3H3,(H,18,19). The number of methoxy groups -OCH3 is 2. The number of esters is 1. The van der Waals surface area contributed by atoms with Crippen molar-refractivity contribution >= 4 is 23.6 Å². The molecule has 1 aromatic carbocycles. The molecule has 6 nitrogen and oxygen atoms in total. The Bertz CT molecular complexity index is 503. The third-order valence-corrected chi connectivity index (χ3v) is 4.20. The van der Waals surface area contributed by atoms with Gasteiger partial charge in [-0.25, -0.2) is 0 Å². The maximum Gasteiger partial charge on any atom is 0.307 e. The van der Waals surface area contributed by atoms with Gasteiger partial charge in [0.1, 0.15) is 0 Å². The minimum Gasteiger partial charge on any atom is -0.469 e. The molecule has 0 aliphatic heterocycles. The zero-order chi connectivity index (χ0) is 17.2. The van der Waals surface area contributed by atoms with Gasteiger partial charge in [-0.05, 0) is 24.0 Å². The monoisotopic (exact) mass is 340 g/mol. The van der Waals surface area contributed by atoms with Gasteiger partial charge in [-0.3, -0.25) is 9.59 Å². The zero-order valence-corrected chi connectivity index (χ0v) is 14.5. The Hall–Kier alpha value is -1.57. The Morgan fingerprint density at radius 1 is 1.22 bits per heavy atom. The van der Waals surface area contributed by atoms with Gasteiger partial charge in [0, 0.05) is 18.6 Å². The van der Waals surface area contributed by atoms with Crippen molar-refractivity contribution in [1.29, 1.82) is 0 Å². The fourth-order valence-corrected chi connectivity index (χ4v) is 2.47. The van der Waals surface area contributed by atoms with Crippen molar-refractivity contribution in [2.75, 3.05) is 27.0 Å². The Kier molecular flexibility index (Phi) is 8.68. The number of benzene rings is 1. The lowest BCUT2D eigenvalue weighted by Gasteiger charge is -2.20. The predicted octanol–water partition coefficient (Wildman–Crippen LogP) is 1.49. The molecule has 23 heavy (non-hydrogen) atoms. The highest BCUT2D eigenvalue weighted by molar-refractivity contribution is 7.98. The van der Waals surface area contributed by atoms with Crippen molar-refractivity contribution in [3.05, 3.63) is 29.8 Å². The van der Waals surface area contributed by atoms with Gasteiger partial charge in [0.2, 0.25) is 5.91 Å². The third-order valence-electron chi connectivity index (χ3n) is 3.46. The number of hydrogen-bond donors (Lipinski definition) is 2. The van der Waals surface area contributed by atoms with E-state index in [1.54, 1.807) is 11.8 Å². The van der Waals surface area contributed by atoms with Gasteiger partial charge >= 0.3 is 5.97 Å². The van der Waals surface area contributed by atoms with E-state index in [0.717, 1.165) is 10.5 Å². The SMILES string of the molecule is COC(=O)CC(NC(=O)CC(CN)OC)c1ccc(SC)cc1. The van der Waals surface area contributed by atoms with Crippen molar-refractivity contribution in [2.24, 2.45) is 5.73 Å². The van der Waals surface area contributed by atoms with Gasteiger partial charge in [-0.15, -0.1) is 11.8 Å². The number of carbonyl (C=O) groups is 2. The molecule has 0 saturated carbocycles. The molecule has 0 spiro atoms. The first-order valence-corrected chi connectivity index (χ1v) is 8.49. The Labute approximate surface area is 141 Å². The van der Waals surface area contributed by atoms with Crippen molar-refractivity contribution in [2.45, 2.75) is 29.9 Å². The van der Waals surface area contributed by atoms with E-state index in [-0.39, 0.29) is 37.4 Å². The first kappa shape index (κ1) is 19.5. The molecule has 1 rings (SSSR count). The maximum absolute atomic E-state index is 12.1. The minimum atomic E-state index is -0.443. The number of amides is 1. The summed E-state index contributed by atoms with van der Waals surface area (Å²) in [4.78, 5) is 24.9. The summed E-state index contributed by atoms with van der Waals surface area (Å²) in [5.41, 5.74) is 6.38. The molecule has 0 heterocycles. The van der Waals surface area contributed by atoms with Crippen LogP contribution in [0.4, 0.5) is 0 Å². The number of hydrogen-bond acceptors (Lipinski definition) is 6. The number of nitrogens with two attached hydrogens (primary N) is 1. The highest BCUT2D eigenvalue weighted by Crippen LogP contribution is 2.22. The lowest BCUT2D eigenvalue weighted by atomic mass is 10.0. The lowest BCUT2D eigenvalue weighted by molar-refractivity contribution is -0.141. The van der Waals surface area contributed by atoms with Crippen LogP contribution >= 0.6 is 11.8 Å². The van der Waals surface area contributed by atoms with Gasteiger partial charge in [-0.2, -0.15) is 0 Å². The van der Waals surface area contributed by atoms with Crippen molar-refractivity contribution < 1.29 is 19.1 Å². The van der Waals surface area contributed by atoms with E-state index < -0.39 is 6.04 Å². The lowest BCUT2D eigenvalue weighted by Crippen LogP contribution is -2.35. The molecule has 0 aromatic heterocycles. The van der Waals surface area contributed by atoms with E-state index in [4.69, 9.17) is 15.2 Å². The smallest absolute Gasteiger partial charge is 0.307 e. The van der Waals surface area contributed by atoms with Crippen LogP contribution in [0.1, 0.15) is 24.4 Å². The summed E-state index contributed by atoms with van der Waals surface area (Å²) in [5.74, 6) is -0.600. The van der Waals surface area contributed by atoms with Crippen LogP contribution < -0.4 is 11.1 Å². The van der Waals surface area contributed by atoms with Crippen LogP contribution in [0.3, 0.4) is 0 Å². The Morgan fingerprint density at radius 2 is 1.87 bits per heavy atom. The largest absolute Gasteiger partial charge is 0.469 e. The average Bonchev–Trinajstić information content (AvgIpc) is 2.58. The molecule has 0 aliphatic rings. The molecule has 0 saturated heterocycles. The Balaban J connectivity index is 2.82. The van der Waals surface area contributed by atoms with E-state index in [1.807, 2.05) is 30.5 Å². The molecule has 0 bridgehead atoms. The molecule has 2 unspecified atom stereocenters. The quantitative estimate of drug-likeness (QED) is 0.523. The van der Waals surface area contributed by atoms with E-state index >= 15 is 0 Å². The predicted molar refractivity (Wildman–Crippen MR) is 90.2 cm³/mol. The Morgan fingerprint density at radius 3 is 2.35 bits per heavy atom. The molecule has 0 aliphatic carbocycles. The maximum atomic E-state index is 12.1. The fraction of sp³-hybridized carbons (Fsp3) is 0.500. The summed E-state index contributed by atoms with van der Waals surface area (Å²) in [6.45, 7) is 0.258. The number of ether oxygens (including phenoxy) is 2. The first-order valence-electron chi connectivity index (χ1n) is 7.27. The van der Waals surface area contributed by atoms with Crippen LogP contribution in [0.5, 0.6) is 0 Å². The molecule has 128 valence electrons. The molecular formula is C16H24N2O4S. The molecule has 0 radical (unpaired) electrons. The van der Waals surface area contributed by atoms with Crippen LogP contribution in [-0.4, -0.2) is 45.0 Å². The zero-order valence-electron chi connectivity index (χ0n) is 13.7. The van der Waals surface area contributed by atoms with Crippen LogP contribution in [0.15, 0.2) is 29.2 Å². The molecule has 2 atom stereocenters. The second-order valence-corrected chi connectivity index (χ2v) is 5.85. The van der Waals surface area contributed by atoms with Gasteiger partial charge < -0.3 is 20.5 Å². The molecule has 3 N–H and O–H groups in total. The van der Waals surface area contributed by atoms with E-state index in [0.29, 0.717) is 0 Å². The highest BCUT2D eigenvalue weighted by Gasteiger charge is 2.20. The average molecular weight is 340 g/mol. The van der Waals surface area contributed by atoms with Gasteiger partial charge in [0.05, 0.1) is 32.1 Å². The van der Waals surface area contributed by atoms with Gasteiger partial charge in [0.15, 0.2) is 0 Å². The third kappa shape index (κ3) is 6.60. The number of nitrogens with one attached hydrogen (secondary N) is 1. The van der Waals surface area contributed by atoms with Gasteiger partial charge in [0.25, 0.3) is 0 Å². The first-order chi connectivity index (χ1) is 11.0. The molecule has 1 aromatic rings. The number of rotatable bonds is 9. The molecule has 1 amide bonds. The summed E-state index contributed by atoms with van der Waals surface area (Å²) in [7, 11) is 2.84.